The van der Waals surface area contributed by atoms with Gasteiger partial charge in [-0.25, -0.2) is 4.68 Å². The van der Waals surface area contributed by atoms with E-state index in [0.29, 0.717) is 18.3 Å². The van der Waals surface area contributed by atoms with Crippen molar-refractivity contribution in [1.82, 2.24) is 14.7 Å². The number of halogens is 1. The van der Waals surface area contributed by atoms with Gasteiger partial charge in [0.25, 0.3) is 5.56 Å². The van der Waals surface area contributed by atoms with Gasteiger partial charge in [0.05, 0.1) is 11.9 Å². The first-order valence-electron chi connectivity index (χ1n) is 6.90. The Labute approximate surface area is 118 Å². The maximum absolute atomic E-state index is 11.9. The predicted octanol–water partition coefficient (Wildman–Crippen LogP) is 1.81. The summed E-state index contributed by atoms with van der Waals surface area (Å²) in [6, 6.07) is 0.523. The van der Waals surface area contributed by atoms with Crippen molar-refractivity contribution in [3.05, 3.63) is 21.6 Å². The number of hydrogen-bond acceptors (Lipinski definition) is 4. The lowest BCUT2D eigenvalue weighted by Gasteiger charge is -2.23. The van der Waals surface area contributed by atoms with E-state index in [1.165, 1.54) is 17.5 Å². The summed E-state index contributed by atoms with van der Waals surface area (Å²) in [6.07, 6.45) is 4.07. The second-order valence-corrected chi connectivity index (χ2v) is 5.18. The zero-order valence-electron chi connectivity index (χ0n) is 11.5. The number of nitrogens with one attached hydrogen (secondary N) is 1. The third kappa shape index (κ3) is 3.09. The molecule has 0 spiro atoms. The van der Waals surface area contributed by atoms with Crippen LogP contribution in [0.2, 0.25) is 5.02 Å². The summed E-state index contributed by atoms with van der Waals surface area (Å²) < 4.78 is 1.36. The summed E-state index contributed by atoms with van der Waals surface area (Å²) in [4.78, 5) is 14.3. The minimum absolute atomic E-state index is 0.229. The van der Waals surface area contributed by atoms with Gasteiger partial charge in [-0.3, -0.25) is 9.69 Å². The first kappa shape index (κ1) is 14.3. The highest BCUT2D eigenvalue weighted by Crippen LogP contribution is 2.19. The van der Waals surface area contributed by atoms with Crippen molar-refractivity contribution in [2.75, 3.05) is 25.0 Å². The van der Waals surface area contributed by atoms with Crippen LogP contribution in [-0.2, 0) is 6.54 Å². The summed E-state index contributed by atoms with van der Waals surface area (Å²) in [5.41, 5.74) is 0.409. The summed E-state index contributed by atoms with van der Waals surface area (Å²) in [5, 5.41) is 7.58. The maximum Gasteiger partial charge on any atom is 0.287 e. The molecule has 1 aliphatic heterocycles. The van der Waals surface area contributed by atoms with Crippen molar-refractivity contribution in [3.63, 3.8) is 0 Å². The van der Waals surface area contributed by atoms with Gasteiger partial charge in [0.1, 0.15) is 5.02 Å². The van der Waals surface area contributed by atoms with Gasteiger partial charge in [-0.1, -0.05) is 18.5 Å². The molecule has 2 rings (SSSR count). The molecule has 1 N–H and O–H groups in total. The predicted molar refractivity (Wildman–Crippen MR) is 77.9 cm³/mol. The van der Waals surface area contributed by atoms with Crippen molar-refractivity contribution in [2.24, 2.45) is 0 Å². The molecule has 0 aliphatic carbocycles. The third-order valence-electron chi connectivity index (χ3n) is 3.72. The molecular weight excluding hydrogens is 264 g/mol. The molecule has 1 unspecified atom stereocenters. The Morgan fingerprint density at radius 1 is 1.47 bits per heavy atom. The number of likely N-dealkylation sites (N-methyl/N-ethyl adjacent to an activating group) is 1. The highest BCUT2D eigenvalue weighted by Gasteiger charge is 2.22. The Hall–Kier alpha value is -1.07. The highest BCUT2D eigenvalue weighted by molar-refractivity contribution is 6.32. The van der Waals surface area contributed by atoms with Gasteiger partial charge >= 0.3 is 0 Å². The standard InChI is InChI=1S/C13H21ClN4O/c1-3-17-7-5-6-10(17)8-15-11-9-16-18(4-2)13(19)12(11)14/h9-10,15H,3-8H2,1-2H3. The largest absolute Gasteiger partial charge is 0.381 e. The van der Waals surface area contributed by atoms with E-state index in [1.54, 1.807) is 6.20 Å². The molecule has 0 aromatic carbocycles. The quantitative estimate of drug-likeness (QED) is 0.896. The molecule has 0 bridgehead atoms. The Balaban J connectivity index is 2.04. The van der Waals surface area contributed by atoms with E-state index in [2.05, 4.69) is 22.2 Å². The number of likely N-dealkylation sites (tertiary alicyclic amines) is 1. The van der Waals surface area contributed by atoms with Crippen LogP contribution in [0, 0.1) is 0 Å². The lowest BCUT2D eigenvalue weighted by Crippen LogP contribution is -2.35. The van der Waals surface area contributed by atoms with E-state index in [-0.39, 0.29) is 10.6 Å². The van der Waals surface area contributed by atoms with E-state index < -0.39 is 0 Å². The van der Waals surface area contributed by atoms with Crippen molar-refractivity contribution < 1.29 is 0 Å². The normalized spacial score (nSPS) is 19.8. The molecule has 0 radical (unpaired) electrons. The summed E-state index contributed by atoms with van der Waals surface area (Å²) >= 11 is 6.08. The Morgan fingerprint density at radius 2 is 2.26 bits per heavy atom. The fourth-order valence-electron chi connectivity index (χ4n) is 2.58. The topological polar surface area (TPSA) is 50.2 Å². The van der Waals surface area contributed by atoms with Crippen LogP contribution in [0.4, 0.5) is 5.69 Å². The number of anilines is 1. The zero-order chi connectivity index (χ0) is 13.8. The first-order valence-corrected chi connectivity index (χ1v) is 7.28. The van der Waals surface area contributed by atoms with Gasteiger partial charge in [0, 0.05) is 19.1 Å². The van der Waals surface area contributed by atoms with Crippen LogP contribution >= 0.6 is 11.6 Å². The van der Waals surface area contributed by atoms with E-state index >= 15 is 0 Å². The van der Waals surface area contributed by atoms with E-state index in [4.69, 9.17) is 11.6 Å². The molecule has 5 nitrogen and oxygen atoms in total. The fourth-order valence-corrected chi connectivity index (χ4v) is 2.80. The van der Waals surface area contributed by atoms with Crippen molar-refractivity contribution >= 4 is 17.3 Å². The van der Waals surface area contributed by atoms with E-state index in [0.717, 1.165) is 19.6 Å². The molecule has 6 heteroatoms. The molecule has 0 saturated carbocycles. The second kappa shape index (κ2) is 6.39. The van der Waals surface area contributed by atoms with Gasteiger partial charge in [-0.2, -0.15) is 5.10 Å². The molecule has 0 amide bonds. The SMILES string of the molecule is CCN1CCCC1CNc1cnn(CC)c(=O)c1Cl. The van der Waals surface area contributed by atoms with Gasteiger partial charge < -0.3 is 5.32 Å². The molecule has 1 saturated heterocycles. The highest BCUT2D eigenvalue weighted by atomic mass is 35.5. The van der Waals surface area contributed by atoms with Gasteiger partial charge in [0.2, 0.25) is 0 Å². The molecular formula is C13H21ClN4O. The third-order valence-corrected chi connectivity index (χ3v) is 4.08. The molecule has 1 aromatic rings. The number of hydrogen-bond donors (Lipinski definition) is 1. The molecule has 1 atom stereocenters. The van der Waals surface area contributed by atoms with Crippen LogP contribution < -0.4 is 10.9 Å². The fraction of sp³-hybridized carbons (Fsp3) is 0.692. The van der Waals surface area contributed by atoms with Gasteiger partial charge in [0.15, 0.2) is 0 Å². The number of rotatable bonds is 5. The van der Waals surface area contributed by atoms with Crippen molar-refractivity contribution in [3.8, 4) is 0 Å². The minimum Gasteiger partial charge on any atom is -0.381 e. The van der Waals surface area contributed by atoms with E-state index in [9.17, 15) is 4.79 Å². The molecule has 2 heterocycles. The summed E-state index contributed by atoms with van der Waals surface area (Å²) in [7, 11) is 0. The Kier molecular flexibility index (Phi) is 4.82. The lowest BCUT2D eigenvalue weighted by atomic mass is 10.2. The Morgan fingerprint density at radius 3 is 2.95 bits per heavy atom. The van der Waals surface area contributed by atoms with Gasteiger partial charge in [-0.15, -0.1) is 0 Å². The molecule has 106 valence electrons. The number of aryl methyl sites for hydroxylation is 1. The van der Waals surface area contributed by atoms with Gasteiger partial charge in [-0.05, 0) is 32.9 Å². The first-order chi connectivity index (χ1) is 9.17. The number of nitrogens with zero attached hydrogens (tertiary/aromatic N) is 3. The average Bonchev–Trinajstić information content (AvgIpc) is 2.88. The lowest BCUT2D eigenvalue weighted by molar-refractivity contribution is 0.277. The van der Waals surface area contributed by atoms with Crippen LogP contribution in [0.15, 0.2) is 11.0 Å². The average molecular weight is 285 g/mol. The summed E-state index contributed by atoms with van der Waals surface area (Å²) in [5.74, 6) is 0. The van der Waals surface area contributed by atoms with Crippen LogP contribution in [0.25, 0.3) is 0 Å². The molecule has 1 fully saturated rings. The van der Waals surface area contributed by atoms with Crippen molar-refractivity contribution in [1.29, 1.82) is 0 Å². The Bertz CT molecular complexity index is 488. The van der Waals surface area contributed by atoms with Crippen LogP contribution in [-0.4, -0.2) is 40.4 Å². The molecule has 19 heavy (non-hydrogen) atoms. The van der Waals surface area contributed by atoms with Crippen molar-refractivity contribution in [2.45, 2.75) is 39.3 Å². The molecule has 1 aromatic heterocycles. The zero-order valence-corrected chi connectivity index (χ0v) is 12.3. The van der Waals surface area contributed by atoms with Crippen LogP contribution in [0.1, 0.15) is 26.7 Å². The monoisotopic (exact) mass is 284 g/mol. The summed E-state index contributed by atoms with van der Waals surface area (Å²) in [6.45, 7) is 7.61. The van der Waals surface area contributed by atoms with Crippen LogP contribution in [0.5, 0.6) is 0 Å². The molecule has 1 aliphatic rings. The minimum atomic E-state index is -0.229. The smallest absolute Gasteiger partial charge is 0.287 e. The van der Waals surface area contributed by atoms with Crippen LogP contribution in [0.3, 0.4) is 0 Å². The number of aromatic nitrogens is 2. The second-order valence-electron chi connectivity index (χ2n) is 4.80. The maximum atomic E-state index is 11.9. The van der Waals surface area contributed by atoms with E-state index in [1.807, 2.05) is 6.92 Å².